The molecule has 0 aromatic carbocycles. The number of hydrogen-bond acceptors (Lipinski definition) is 3. The van der Waals surface area contributed by atoms with Gasteiger partial charge in [-0.3, -0.25) is 4.79 Å². The maximum Gasteiger partial charge on any atom is 0.407 e. The van der Waals surface area contributed by atoms with E-state index in [4.69, 9.17) is 4.74 Å². The summed E-state index contributed by atoms with van der Waals surface area (Å²) in [5, 5.41) is 2.49. The van der Waals surface area contributed by atoms with E-state index < -0.39 is 6.09 Å². The number of alkyl carbamates (subject to hydrolysis) is 1. The van der Waals surface area contributed by atoms with Crippen molar-refractivity contribution in [2.75, 3.05) is 13.2 Å². The van der Waals surface area contributed by atoms with Crippen LogP contribution in [0.5, 0.6) is 0 Å². The lowest BCUT2D eigenvalue weighted by Crippen LogP contribution is -2.33. The summed E-state index contributed by atoms with van der Waals surface area (Å²) in [6.07, 6.45) is 6.90. The van der Waals surface area contributed by atoms with Crippen LogP contribution in [0.2, 0.25) is 0 Å². The Morgan fingerprint density at radius 1 is 1.28 bits per heavy atom. The van der Waals surface area contributed by atoms with Crippen LogP contribution in [0, 0.1) is 11.8 Å². The molecule has 1 aliphatic rings. The van der Waals surface area contributed by atoms with Crippen molar-refractivity contribution in [3.63, 3.8) is 0 Å². The highest BCUT2D eigenvalue weighted by Crippen LogP contribution is 2.29. The van der Waals surface area contributed by atoms with Gasteiger partial charge in [0.15, 0.2) is 5.78 Å². The largest absolute Gasteiger partial charge is 0.450 e. The van der Waals surface area contributed by atoms with Crippen molar-refractivity contribution in [2.24, 2.45) is 11.8 Å². The lowest BCUT2D eigenvalue weighted by Gasteiger charge is -2.24. The molecule has 1 unspecified atom stereocenters. The van der Waals surface area contributed by atoms with Crippen LogP contribution in [0.4, 0.5) is 4.79 Å². The molecule has 0 radical (unpaired) electrons. The van der Waals surface area contributed by atoms with Gasteiger partial charge in [-0.1, -0.05) is 39.0 Å². The second-order valence-corrected chi connectivity index (χ2v) is 5.18. The fourth-order valence-corrected chi connectivity index (χ4v) is 2.57. The topological polar surface area (TPSA) is 55.4 Å². The first-order chi connectivity index (χ1) is 8.63. The number of carbonyl (C=O) groups is 2. The highest BCUT2D eigenvalue weighted by molar-refractivity contribution is 5.85. The molecule has 0 aromatic heterocycles. The van der Waals surface area contributed by atoms with Gasteiger partial charge in [0.2, 0.25) is 0 Å². The predicted molar refractivity (Wildman–Crippen MR) is 70.4 cm³/mol. The number of carbonyl (C=O) groups excluding carboxylic acids is 2. The zero-order valence-corrected chi connectivity index (χ0v) is 11.5. The Labute approximate surface area is 109 Å². The van der Waals surface area contributed by atoms with Crippen molar-refractivity contribution < 1.29 is 14.3 Å². The number of nitrogens with one attached hydrogen (secondary N) is 1. The monoisotopic (exact) mass is 255 g/mol. The zero-order chi connectivity index (χ0) is 13.4. The maximum absolute atomic E-state index is 11.9. The number of amides is 1. The smallest absolute Gasteiger partial charge is 0.407 e. The average Bonchev–Trinajstić information content (AvgIpc) is 2.37. The van der Waals surface area contributed by atoms with Crippen molar-refractivity contribution >= 4 is 11.9 Å². The van der Waals surface area contributed by atoms with Crippen LogP contribution in [0.15, 0.2) is 0 Å². The van der Waals surface area contributed by atoms with Crippen LogP contribution in [0.3, 0.4) is 0 Å². The molecule has 1 N–H and O–H groups in total. The molecule has 1 saturated carbocycles. The Balaban J connectivity index is 2.21. The van der Waals surface area contributed by atoms with E-state index >= 15 is 0 Å². The maximum atomic E-state index is 11.9. The van der Waals surface area contributed by atoms with Gasteiger partial charge >= 0.3 is 6.09 Å². The summed E-state index contributed by atoms with van der Waals surface area (Å²) in [4.78, 5) is 22.9. The molecule has 18 heavy (non-hydrogen) atoms. The summed E-state index contributed by atoms with van der Waals surface area (Å²) >= 11 is 0. The van der Waals surface area contributed by atoms with Crippen molar-refractivity contribution in [3.8, 4) is 0 Å². The molecular weight excluding hydrogens is 230 g/mol. The Kier molecular flexibility index (Phi) is 6.76. The van der Waals surface area contributed by atoms with Gasteiger partial charge in [0.25, 0.3) is 0 Å². The Bertz CT molecular complexity index is 272. The minimum absolute atomic E-state index is 0.0371. The lowest BCUT2D eigenvalue weighted by atomic mass is 9.82. The quantitative estimate of drug-likeness (QED) is 0.794. The van der Waals surface area contributed by atoms with Gasteiger partial charge < -0.3 is 10.1 Å². The summed E-state index contributed by atoms with van der Waals surface area (Å²) < 4.78 is 4.72. The molecule has 4 heteroatoms. The molecule has 1 atom stereocenters. The first-order valence-corrected chi connectivity index (χ1v) is 7.06. The van der Waals surface area contributed by atoms with Gasteiger partial charge in [-0.15, -0.1) is 0 Å². The van der Waals surface area contributed by atoms with E-state index in [-0.39, 0.29) is 18.2 Å². The summed E-state index contributed by atoms with van der Waals surface area (Å²) in [6.45, 7) is 4.13. The molecule has 1 aliphatic carbocycles. The molecule has 0 spiro atoms. The third kappa shape index (κ3) is 5.52. The predicted octanol–water partition coefficient (Wildman–Crippen LogP) is 2.91. The Morgan fingerprint density at radius 2 is 1.94 bits per heavy atom. The molecule has 1 rings (SSSR count). The SMILES string of the molecule is CCOC(=O)NCC(=O)C(C)CC1CCCCC1. The highest BCUT2D eigenvalue weighted by atomic mass is 16.5. The van der Waals surface area contributed by atoms with Crippen LogP contribution >= 0.6 is 0 Å². The lowest BCUT2D eigenvalue weighted by molar-refractivity contribution is -0.122. The molecular formula is C14H25NO3. The minimum atomic E-state index is -0.504. The zero-order valence-electron chi connectivity index (χ0n) is 11.5. The average molecular weight is 255 g/mol. The fourth-order valence-electron chi connectivity index (χ4n) is 2.57. The second-order valence-electron chi connectivity index (χ2n) is 5.18. The number of rotatable bonds is 6. The first-order valence-electron chi connectivity index (χ1n) is 7.06. The fraction of sp³-hybridized carbons (Fsp3) is 0.857. The molecule has 0 heterocycles. The minimum Gasteiger partial charge on any atom is -0.450 e. The van der Waals surface area contributed by atoms with Crippen molar-refractivity contribution in [3.05, 3.63) is 0 Å². The van der Waals surface area contributed by atoms with Crippen molar-refractivity contribution in [2.45, 2.75) is 52.4 Å². The summed E-state index contributed by atoms with van der Waals surface area (Å²) in [7, 11) is 0. The van der Waals surface area contributed by atoms with Gasteiger partial charge in [0.1, 0.15) is 0 Å². The molecule has 1 amide bonds. The van der Waals surface area contributed by atoms with Gasteiger partial charge in [-0.2, -0.15) is 0 Å². The van der Waals surface area contributed by atoms with E-state index in [1.807, 2.05) is 6.92 Å². The molecule has 0 saturated heterocycles. The van der Waals surface area contributed by atoms with Crippen LogP contribution in [-0.4, -0.2) is 25.0 Å². The Hall–Kier alpha value is -1.06. The number of hydrogen-bond donors (Lipinski definition) is 1. The van der Waals surface area contributed by atoms with E-state index in [0.29, 0.717) is 12.5 Å². The van der Waals surface area contributed by atoms with E-state index in [1.165, 1.54) is 32.1 Å². The van der Waals surface area contributed by atoms with Crippen LogP contribution in [-0.2, 0) is 9.53 Å². The normalized spacial score (nSPS) is 18.1. The number of ether oxygens (including phenoxy) is 1. The molecule has 1 fully saturated rings. The van der Waals surface area contributed by atoms with Gasteiger partial charge in [0, 0.05) is 5.92 Å². The summed E-state index contributed by atoms with van der Waals surface area (Å²) in [5.41, 5.74) is 0. The van der Waals surface area contributed by atoms with Gasteiger partial charge in [-0.05, 0) is 19.3 Å². The summed E-state index contributed by atoms with van der Waals surface area (Å²) in [5.74, 6) is 0.837. The molecule has 0 aliphatic heterocycles. The van der Waals surface area contributed by atoms with Gasteiger partial charge in [-0.25, -0.2) is 4.79 Å². The second kappa shape index (κ2) is 8.11. The molecule has 4 nitrogen and oxygen atoms in total. The first kappa shape index (κ1) is 15.0. The van der Waals surface area contributed by atoms with Gasteiger partial charge in [0.05, 0.1) is 13.2 Å². The Morgan fingerprint density at radius 3 is 2.56 bits per heavy atom. The van der Waals surface area contributed by atoms with E-state index in [2.05, 4.69) is 5.32 Å². The van der Waals surface area contributed by atoms with Crippen molar-refractivity contribution in [1.82, 2.24) is 5.32 Å². The molecule has 0 aromatic rings. The van der Waals surface area contributed by atoms with Crippen LogP contribution in [0.1, 0.15) is 52.4 Å². The van der Waals surface area contributed by atoms with Crippen LogP contribution in [0.25, 0.3) is 0 Å². The molecule has 104 valence electrons. The van der Waals surface area contributed by atoms with E-state index in [1.54, 1.807) is 6.92 Å². The third-order valence-electron chi connectivity index (χ3n) is 3.64. The number of ketones is 1. The van der Waals surface area contributed by atoms with E-state index in [0.717, 1.165) is 6.42 Å². The van der Waals surface area contributed by atoms with Crippen molar-refractivity contribution in [1.29, 1.82) is 0 Å². The summed E-state index contributed by atoms with van der Waals surface area (Å²) in [6, 6.07) is 0. The van der Waals surface area contributed by atoms with Crippen LogP contribution < -0.4 is 5.32 Å². The van der Waals surface area contributed by atoms with E-state index in [9.17, 15) is 9.59 Å². The molecule has 0 bridgehead atoms. The highest BCUT2D eigenvalue weighted by Gasteiger charge is 2.21. The standard InChI is InChI=1S/C14H25NO3/c1-3-18-14(17)15-10-13(16)11(2)9-12-7-5-4-6-8-12/h11-12H,3-10H2,1-2H3,(H,15,17). The number of Topliss-reactive ketones (excluding diaryl/α,β-unsaturated/α-hetero) is 1. The third-order valence-corrected chi connectivity index (χ3v) is 3.64.